The molecule has 0 saturated carbocycles. The number of hydrogen-bond acceptors (Lipinski definition) is 4. The van der Waals surface area contributed by atoms with Crippen LogP contribution >= 0.6 is 11.6 Å². The molecule has 1 aromatic heterocycles. The first-order valence-electron chi connectivity index (χ1n) is 7.61. The molecule has 3 rings (SSSR count). The number of nitrogens with zero attached hydrogens (tertiary/aromatic N) is 3. The van der Waals surface area contributed by atoms with Gasteiger partial charge in [-0.2, -0.15) is 0 Å². The predicted molar refractivity (Wildman–Crippen MR) is 87.9 cm³/mol. The van der Waals surface area contributed by atoms with Crippen molar-refractivity contribution in [2.24, 2.45) is 5.92 Å². The average Bonchev–Trinajstić information content (AvgIpc) is 2.97. The van der Waals surface area contributed by atoms with E-state index in [2.05, 4.69) is 27.1 Å². The van der Waals surface area contributed by atoms with Crippen LogP contribution in [0, 0.1) is 5.92 Å². The fraction of sp³-hybridized carbons (Fsp3) is 0.500. The first-order chi connectivity index (χ1) is 10.2. The van der Waals surface area contributed by atoms with Gasteiger partial charge in [-0.25, -0.2) is 9.97 Å². The molecular weight excluding hydrogens is 284 g/mol. The molecule has 112 valence electrons. The largest absolute Gasteiger partial charge is 0.369 e. The van der Waals surface area contributed by atoms with Gasteiger partial charge in [0.05, 0.1) is 5.52 Å². The molecule has 2 aromatic rings. The lowest BCUT2D eigenvalue weighted by Crippen LogP contribution is -2.29. The number of likely N-dealkylation sites (tertiary alicyclic amines) is 1. The van der Waals surface area contributed by atoms with Crippen molar-refractivity contribution in [2.75, 3.05) is 31.5 Å². The van der Waals surface area contributed by atoms with Crippen LogP contribution in [0.1, 0.15) is 19.8 Å². The third-order valence-electron chi connectivity index (χ3n) is 3.96. The van der Waals surface area contributed by atoms with Crippen molar-refractivity contribution in [3.8, 4) is 0 Å². The number of para-hydroxylation sites is 1. The summed E-state index contributed by atoms with van der Waals surface area (Å²) in [5, 5.41) is 4.76. The minimum atomic E-state index is 0.295. The molecule has 1 unspecified atom stereocenters. The van der Waals surface area contributed by atoms with E-state index in [4.69, 9.17) is 11.6 Å². The van der Waals surface area contributed by atoms with Crippen LogP contribution in [0.15, 0.2) is 24.3 Å². The number of anilines is 1. The van der Waals surface area contributed by atoms with E-state index in [1.54, 1.807) is 0 Å². The fourth-order valence-electron chi connectivity index (χ4n) is 2.92. The summed E-state index contributed by atoms with van der Waals surface area (Å²) in [5.74, 6) is 1.41. The van der Waals surface area contributed by atoms with Crippen LogP contribution in [0.2, 0.25) is 5.28 Å². The Balaban J connectivity index is 1.67. The number of halogens is 1. The van der Waals surface area contributed by atoms with Gasteiger partial charge in [-0.15, -0.1) is 0 Å². The second kappa shape index (κ2) is 6.58. The lowest BCUT2D eigenvalue weighted by atomic mass is 10.1. The van der Waals surface area contributed by atoms with Crippen LogP contribution in [0.3, 0.4) is 0 Å². The summed E-state index contributed by atoms with van der Waals surface area (Å²) in [6, 6.07) is 7.95. The van der Waals surface area contributed by atoms with E-state index in [1.165, 1.54) is 25.9 Å². The van der Waals surface area contributed by atoms with Crippen molar-refractivity contribution >= 4 is 28.3 Å². The van der Waals surface area contributed by atoms with Gasteiger partial charge in [0.25, 0.3) is 0 Å². The molecule has 5 heteroatoms. The van der Waals surface area contributed by atoms with E-state index in [9.17, 15) is 0 Å². The Hall–Kier alpha value is -1.39. The maximum atomic E-state index is 6.01. The molecule has 4 nitrogen and oxygen atoms in total. The van der Waals surface area contributed by atoms with Gasteiger partial charge in [-0.05, 0) is 55.6 Å². The molecule has 1 aliphatic heterocycles. The Morgan fingerprint density at radius 2 is 2.00 bits per heavy atom. The summed E-state index contributed by atoms with van der Waals surface area (Å²) < 4.78 is 0. The van der Waals surface area contributed by atoms with Crippen LogP contribution in [0.25, 0.3) is 10.9 Å². The maximum Gasteiger partial charge on any atom is 0.224 e. The summed E-state index contributed by atoms with van der Waals surface area (Å²) in [4.78, 5) is 11.1. The highest BCUT2D eigenvalue weighted by molar-refractivity contribution is 6.28. The zero-order chi connectivity index (χ0) is 14.7. The Labute approximate surface area is 130 Å². The van der Waals surface area contributed by atoms with Gasteiger partial charge in [-0.1, -0.05) is 19.1 Å². The number of nitrogens with one attached hydrogen (secondary N) is 1. The highest BCUT2D eigenvalue weighted by Crippen LogP contribution is 2.22. The van der Waals surface area contributed by atoms with Crippen molar-refractivity contribution < 1.29 is 0 Å². The van der Waals surface area contributed by atoms with Crippen LogP contribution in [0.5, 0.6) is 0 Å². The summed E-state index contributed by atoms with van der Waals surface area (Å²) >= 11 is 6.01. The number of rotatable bonds is 5. The van der Waals surface area contributed by atoms with Crippen LogP contribution in [0.4, 0.5) is 5.82 Å². The van der Waals surface area contributed by atoms with Crippen molar-refractivity contribution in [3.63, 3.8) is 0 Å². The third-order valence-corrected chi connectivity index (χ3v) is 4.13. The monoisotopic (exact) mass is 304 g/mol. The molecule has 1 saturated heterocycles. The van der Waals surface area contributed by atoms with E-state index in [-0.39, 0.29) is 0 Å². The molecular formula is C16H21ClN4. The second-order valence-corrected chi connectivity index (χ2v) is 6.19. The van der Waals surface area contributed by atoms with Crippen molar-refractivity contribution in [2.45, 2.75) is 19.8 Å². The standard InChI is InChI=1S/C16H21ClN4/c1-12(11-21-8-4-5-9-21)10-18-15-13-6-2-3-7-14(13)19-16(17)20-15/h2-3,6-7,12H,4-5,8-11H2,1H3,(H,18,19,20). The second-order valence-electron chi connectivity index (χ2n) is 5.85. The molecule has 0 aliphatic carbocycles. The predicted octanol–water partition coefficient (Wildman–Crippen LogP) is 3.43. The molecule has 0 spiro atoms. The summed E-state index contributed by atoms with van der Waals surface area (Å²) in [6.07, 6.45) is 2.68. The number of hydrogen-bond donors (Lipinski definition) is 1. The highest BCUT2D eigenvalue weighted by Gasteiger charge is 2.15. The molecule has 1 aromatic carbocycles. The van der Waals surface area contributed by atoms with Crippen LogP contribution in [-0.2, 0) is 0 Å². The number of benzene rings is 1. The lowest BCUT2D eigenvalue weighted by Gasteiger charge is -2.21. The van der Waals surface area contributed by atoms with Gasteiger partial charge in [-0.3, -0.25) is 0 Å². The molecule has 0 bridgehead atoms. The molecule has 2 heterocycles. The lowest BCUT2D eigenvalue weighted by molar-refractivity contribution is 0.294. The molecule has 0 amide bonds. The first kappa shape index (κ1) is 14.5. The number of aromatic nitrogens is 2. The smallest absolute Gasteiger partial charge is 0.224 e. The normalized spacial score (nSPS) is 17.2. The zero-order valence-electron chi connectivity index (χ0n) is 12.3. The van der Waals surface area contributed by atoms with E-state index in [0.29, 0.717) is 11.2 Å². The first-order valence-corrected chi connectivity index (χ1v) is 7.98. The molecule has 1 fully saturated rings. The Morgan fingerprint density at radius 3 is 2.81 bits per heavy atom. The molecule has 1 N–H and O–H groups in total. The van der Waals surface area contributed by atoms with Crippen LogP contribution in [-0.4, -0.2) is 41.0 Å². The topological polar surface area (TPSA) is 41.1 Å². The van der Waals surface area contributed by atoms with Crippen molar-refractivity contribution in [1.82, 2.24) is 14.9 Å². The Kier molecular flexibility index (Phi) is 4.56. The van der Waals surface area contributed by atoms with E-state index in [0.717, 1.165) is 29.8 Å². The van der Waals surface area contributed by atoms with Crippen molar-refractivity contribution in [3.05, 3.63) is 29.5 Å². The van der Waals surface area contributed by atoms with Gasteiger partial charge in [0.15, 0.2) is 0 Å². The molecule has 21 heavy (non-hydrogen) atoms. The van der Waals surface area contributed by atoms with E-state index >= 15 is 0 Å². The fourth-order valence-corrected chi connectivity index (χ4v) is 3.10. The molecule has 1 aliphatic rings. The third kappa shape index (κ3) is 3.63. The van der Waals surface area contributed by atoms with Gasteiger partial charge in [0, 0.05) is 18.5 Å². The van der Waals surface area contributed by atoms with E-state index in [1.807, 2.05) is 24.3 Å². The van der Waals surface area contributed by atoms with Crippen LogP contribution < -0.4 is 5.32 Å². The van der Waals surface area contributed by atoms with Crippen molar-refractivity contribution in [1.29, 1.82) is 0 Å². The molecule has 0 radical (unpaired) electrons. The maximum absolute atomic E-state index is 6.01. The van der Waals surface area contributed by atoms with E-state index < -0.39 is 0 Å². The SMILES string of the molecule is CC(CNc1nc(Cl)nc2ccccc12)CN1CCCC1. The molecule has 1 atom stereocenters. The van der Waals surface area contributed by atoms with Gasteiger partial charge < -0.3 is 10.2 Å². The number of fused-ring (bicyclic) bond motifs is 1. The quantitative estimate of drug-likeness (QED) is 0.859. The summed E-state index contributed by atoms with van der Waals surface area (Å²) in [6.45, 7) is 6.80. The van der Waals surface area contributed by atoms with Gasteiger partial charge >= 0.3 is 0 Å². The Bertz CT molecular complexity index is 610. The van der Waals surface area contributed by atoms with Gasteiger partial charge in [0.2, 0.25) is 5.28 Å². The Morgan fingerprint density at radius 1 is 1.24 bits per heavy atom. The summed E-state index contributed by atoms with van der Waals surface area (Å²) in [5.41, 5.74) is 0.882. The minimum Gasteiger partial charge on any atom is -0.369 e. The average molecular weight is 305 g/mol. The highest BCUT2D eigenvalue weighted by atomic mass is 35.5. The van der Waals surface area contributed by atoms with Gasteiger partial charge in [0.1, 0.15) is 5.82 Å². The summed E-state index contributed by atoms with van der Waals surface area (Å²) in [7, 11) is 0. The zero-order valence-corrected chi connectivity index (χ0v) is 13.1. The minimum absolute atomic E-state index is 0.295.